The maximum absolute atomic E-state index is 14.2. The van der Waals surface area contributed by atoms with Crippen molar-refractivity contribution in [2.24, 2.45) is 5.41 Å². The number of nitrogens with one attached hydrogen (secondary N) is 1. The highest BCUT2D eigenvalue weighted by Crippen LogP contribution is 2.35. The van der Waals surface area contributed by atoms with Crippen LogP contribution in [0.3, 0.4) is 0 Å². The summed E-state index contributed by atoms with van der Waals surface area (Å²) in [5.74, 6) is 0. The van der Waals surface area contributed by atoms with E-state index in [1.807, 2.05) is 27.7 Å². The molecule has 1 aliphatic rings. The molecule has 2 atom stereocenters. The van der Waals surface area contributed by atoms with Crippen molar-refractivity contribution in [1.29, 1.82) is 0 Å². The van der Waals surface area contributed by atoms with E-state index in [1.165, 1.54) is 0 Å². The van der Waals surface area contributed by atoms with Crippen LogP contribution in [0.2, 0.25) is 0 Å². The second-order valence-electron chi connectivity index (χ2n) is 7.60. The van der Waals surface area contributed by atoms with Gasteiger partial charge in [0.1, 0.15) is 5.67 Å². The van der Waals surface area contributed by atoms with Gasteiger partial charge in [-0.1, -0.05) is 26.3 Å². The van der Waals surface area contributed by atoms with Crippen LogP contribution in [0.25, 0.3) is 0 Å². The van der Waals surface area contributed by atoms with E-state index in [9.17, 15) is 14.6 Å². The summed E-state index contributed by atoms with van der Waals surface area (Å²) in [4.78, 5) is 0. The number of rotatable bonds is 4. The molecule has 1 rings (SSSR count). The molecule has 0 bridgehead atoms. The molecule has 118 valence electrons. The molecular weight excluding hydrogens is 257 g/mol. The van der Waals surface area contributed by atoms with Gasteiger partial charge in [0, 0.05) is 6.04 Å². The monoisotopic (exact) mass is 287 g/mol. The first kappa shape index (κ1) is 17.6. The van der Waals surface area contributed by atoms with Crippen molar-refractivity contribution in [2.75, 3.05) is 0 Å². The molecule has 20 heavy (non-hydrogen) atoms. The molecule has 1 aliphatic carbocycles. The molecule has 0 aromatic rings. The lowest BCUT2D eigenvalue weighted by Gasteiger charge is -2.39. The van der Waals surface area contributed by atoms with Crippen LogP contribution in [0, 0.1) is 5.41 Å². The summed E-state index contributed by atoms with van der Waals surface area (Å²) in [6.07, 6.45) is 0.988. The molecule has 0 aliphatic heterocycles. The molecule has 0 fully saturated rings. The molecule has 4 heteroatoms. The third-order valence-electron chi connectivity index (χ3n) is 4.20. The van der Waals surface area contributed by atoms with Gasteiger partial charge in [-0.05, 0) is 51.0 Å². The summed E-state index contributed by atoms with van der Waals surface area (Å²) in [5.41, 5.74) is 0.406. The quantitative estimate of drug-likeness (QED) is 0.550. The van der Waals surface area contributed by atoms with Crippen LogP contribution in [-0.4, -0.2) is 34.3 Å². The number of allylic oxidation sites excluding steroid dienone is 1. The first-order valence-corrected chi connectivity index (χ1v) is 7.43. The normalized spacial score (nSPS) is 23.4. The number of alkyl halides is 1. The Morgan fingerprint density at radius 3 is 2.15 bits per heavy atom. The van der Waals surface area contributed by atoms with Crippen LogP contribution < -0.4 is 5.32 Å². The van der Waals surface area contributed by atoms with Crippen LogP contribution >= 0.6 is 0 Å². The molecule has 0 saturated carbocycles. The van der Waals surface area contributed by atoms with Crippen molar-refractivity contribution in [2.45, 2.75) is 84.8 Å². The van der Waals surface area contributed by atoms with Crippen LogP contribution in [0.5, 0.6) is 0 Å². The Bertz CT molecular complexity index is 364. The molecule has 0 amide bonds. The number of halogens is 1. The summed E-state index contributed by atoms with van der Waals surface area (Å²) in [5, 5.41) is 22.4. The Kier molecular flexibility index (Phi) is 5.39. The van der Waals surface area contributed by atoms with Gasteiger partial charge in [-0.3, -0.25) is 0 Å². The van der Waals surface area contributed by atoms with Crippen molar-refractivity contribution in [3.63, 3.8) is 0 Å². The van der Waals surface area contributed by atoms with Gasteiger partial charge in [0.05, 0.1) is 6.04 Å². The summed E-state index contributed by atoms with van der Waals surface area (Å²) in [6, 6.07) is -0.329. The van der Waals surface area contributed by atoms with Gasteiger partial charge in [-0.15, -0.1) is 0 Å². The molecule has 0 aromatic heterocycles. The van der Waals surface area contributed by atoms with Crippen LogP contribution in [0.15, 0.2) is 11.1 Å². The first-order valence-electron chi connectivity index (χ1n) is 7.43. The highest BCUT2D eigenvalue weighted by Gasteiger charge is 2.35. The summed E-state index contributed by atoms with van der Waals surface area (Å²) >= 11 is 0. The summed E-state index contributed by atoms with van der Waals surface area (Å²) < 4.78 is 14.2. The van der Waals surface area contributed by atoms with Gasteiger partial charge in [-0.2, -0.15) is 0 Å². The van der Waals surface area contributed by atoms with Crippen LogP contribution in [0.4, 0.5) is 4.39 Å². The Balaban J connectivity index is 2.81. The molecule has 0 heterocycles. The molecular formula is C16H30FNO2. The maximum Gasteiger partial charge on any atom is 0.167 e. The fourth-order valence-corrected chi connectivity index (χ4v) is 2.99. The zero-order valence-electron chi connectivity index (χ0n) is 13.6. The third-order valence-corrected chi connectivity index (χ3v) is 4.20. The van der Waals surface area contributed by atoms with Gasteiger partial charge >= 0.3 is 0 Å². The Morgan fingerprint density at radius 1 is 1.20 bits per heavy atom. The van der Waals surface area contributed by atoms with Gasteiger partial charge in [-0.25, -0.2) is 4.39 Å². The van der Waals surface area contributed by atoms with Crippen LogP contribution in [-0.2, 0) is 0 Å². The van der Waals surface area contributed by atoms with Gasteiger partial charge in [0.15, 0.2) is 6.29 Å². The largest absolute Gasteiger partial charge is 0.367 e. The van der Waals surface area contributed by atoms with E-state index in [0.717, 1.165) is 24.0 Å². The molecule has 0 spiro atoms. The Morgan fingerprint density at radius 2 is 1.75 bits per heavy atom. The molecule has 3 N–H and O–H groups in total. The Hall–Kier alpha value is -0.450. The van der Waals surface area contributed by atoms with E-state index in [0.29, 0.717) is 6.42 Å². The molecule has 0 radical (unpaired) electrons. The lowest BCUT2D eigenvalue weighted by Crippen LogP contribution is -2.53. The van der Waals surface area contributed by atoms with E-state index in [-0.39, 0.29) is 11.5 Å². The number of hydrogen-bond acceptors (Lipinski definition) is 3. The lowest BCUT2D eigenvalue weighted by molar-refractivity contribution is -0.0953. The van der Waals surface area contributed by atoms with Gasteiger partial charge < -0.3 is 15.5 Å². The first-order chi connectivity index (χ1) is 8.93. The molecule has 3 nitrogen and oxygen atoms in total. The summed E-state index contributed by atoms with van der Waals surface area (Å²) in [6.45, 7) is 11.1. The zero-order chi connectivity index (χ0) is 15.7. The molecule has 0 aromatic carbocycles. The minimum absolute atomic E-state index is 0.0924. The summed E-state index contributed by atoms with van der Waals surface area (Å²) in [7, 11) is 0. The molecule has 0 saturated heterocycles. The topological polar surface area (TPSA) is 52.5 Å². The average Bonchev–Trinajstić information content (AvgIpc) is 2.24. The highest BCUT2D eigenvalue weighted by atomic mass is 19.1. The van der Waals surface area contributed by atoms with Crippen molar-refractivity contribution in [3.05, 3.63) is 11.1 Å². The van der Waals surface area contributed by atoms with E-state index in [1.54, 1.807) is 13.8 Å². The standard InChI is InChI=1S/C16H30FNO2/c1-10-7-8-11(9-12(10)16(5,6)17)18-13(14(19)20)15(2,3)4/h11,13-14,18-20H,7-9H2,1-6H3. The van der Waals surface area contributed by atoms with Crippen LogP contribution in [0.1, 0.15) is 60.8 Å². The SMILES string of the molecule is CC1=C(C(C)(C)F)CC(NC(C(O)O)C(C)(C)C)CC1. The average molecular weight is 287 g/mol. The van der Waals surface area contributed by atoms with Gasteiger partial charge in [0.2, 0.25) is 0 Å². The number of aliphatic hydroxyl groups excluding tert-OH is 1. The maximum atomic E-state index is 14.2. The second kappa shape index (κ2) is 6.12. The smallest absolute Gasteiger partial charge is 0.167 e. The van der Waals surface area contributed by atoms with Gasteiger partial charge in [0.25, 0.3) is 0 Å². The Labute approximate surface area is 122 Å². The van der Waals surface area contributed by atoms with E-state index < -0.39 is 18.0 Å². The van der Waals surface area contributed by atoms with E-state index in [2.05, 4.69) is 5.32 Å². The second-order valence-corrected chi connectivity index (χ2v) is 7.60. The fourth-order valence-electron chi connectivity index (χ4n) is 2.99. The minimum Gasteiger partial charge on any atom is -0.367 e. The highest BCUT2D eigenvalue weighted by molar-refractivity contribution is 5.25. The van der Waals surface area contributed by atoms with Crippen molar-refractivity contribution >= 4 is 0 Å². The van der Waals surface area contributed by atoms with E-state index >= 15 is 0 Å². The minimum atomic E-state index is -1.41. The zero-order valence-corrected chi connectivity index (χ0v) is 13.6. The molecule has 2 unspecified atom stereocenters. The van der Waals surface area contributed by atoms with E-state index in [4.69, 9.17) is 0 Å². The fraction of sp³-hybridized carbons (Fsp3) is 0.875. The third kappa shape index (κ3) is 4.54. The predicted octanol–water partition coefficient (Wildman–Crippen LogP) is 2.92. The number of hydrogen-bond donors (Lipinski definition) is 3. The number of aliphatic hydroxyl groups is 2. The lowest BCUT2D eigenvalue weighted by atomic mass is 9.80. The van der Waals surface area contributed by atoms with Crippen molar-refractivity contribution in [1.82, 2.24) is 5.32 Å². The van der Waals surface area contributed by atoms with Crippen molar-refractivity contribution < 1.29 is 14.6 Å². The predicted molar refractivity (Wildman–Crippen MR) is 80.1 cm³/mol. The van der Waals surface area contributed by atoms with Crippen molar-refractivity contribution in [3.8, 4) is 0 Å².